The Kier molecular flexibility index (Phi) is 4.98. The highest BCUT2D eigenvalue weighted by molar-refractivity contribution is 5.35. The average Bonchev–Trinajstić information content (AvgIpc) is 2.28. The molecule has 0 aliphatic heterocycles. The van der Waals surface area contributed by atoms with Crippen LogP contribution in [0, 0.1) is 0 Å². The van der Waals surface area contributed by atoms with Crippen molar-refractivity contribution >= 4 is 5.82 Å². The van der Waals surface area contributed by atoms with Crippen molar-refractivity contribution in [3.8, 4) is 0 Å². The van der Waals surface area contributed by atoms with Gasteiger partial charge in [-0.25, -0.2) is 4.98 Å². The quantitative estimate of drug-likeness (QED) is 0.757. The van der Waals surface area contributed by atoms with Crippen molar-refractivity contribution in [2.45, 2.75) is 19.8 Å². The number of aromatic nitrogens is 2. The lowest BCUT2D eigenvalue weighted by atomic mass is 10.3. The van der Waals surface area contributed by atoms with Crippen LogP contribution >= 0.6 is 0 Å². The molecule has 0 amide bonds. The smallest absolute Gasteiger partial charge is 0.293 e. The molecule has 0 aliphatic carbocycles. The average molecular weight is 224 g/mol. The van der Waals surface area contributed by atoms with Crippen molar-refractivity contribution in [2.24, 2.45) is 12.8 Å². The molecule has 90 valence electrons. The predicted octanol–water partition coefficient (Wildman–Crippen LogP) is 0.345. The van der Waals surface area contributed by atoms with E-state index >= 15 is 0 Å². The van der Waals surface area contributed by atoms with Crippen LogP contribution in [0.25, 0.3) is 0 Å². The first-order chi connectivity index (χ1) is 7.70. The minimum Gasteiger partial charge on any atom is -0.351 e. The fraction of sp³-hybridized carbons (Fsp3) is 0.636. The zero-order valence-electron chi connectivity index (χ0n) is 10.0. The molecular formula is C11H20N4O. The molecule has 0 saturated carbocycles. The molecule has 0 aromatic carbocycles. The summed E-state index contributed by atoms with van der Waals surface area (Å²) in [6, 6.07) is 0. The highest BCUT2D eigenvalue weighted by atomic mass is 16.1. The first-order valence-corrected chi connectivity index (χ1v) is 5.67. The van der Waals surface area contributed by atoms with Gasteiger partial charge in [-0.05, 0) is 6.42 Å². The van der Waals surface area contributed by atoms with Crippen molar-refractivity contribution < 1.29 is 0 Å². The van der Waals surface area contributed by atoms with Crippen molar-refractivity contribution in [3.05, 3.63) is 22.7 Å². The molecule has 0 atom stereocenters. The first kappa shape index (κ1) is 12.7. The number of anilines is 1. The number of unbranched alkanes of at least 4 members (excludes halogenated alkanes) is 1. The number of nitrogens with two attached hydrogens (primary N) is 1. The number of hydrogen-bond donors (Lipinski definition) is 1. The zero-order valence-corrected chi connectivity index (χ0v) is 10.0. The highest BCUT2D eigenvalue weighted by Crippen LogP contribution is 2.04. The van der Waals surface area contributed by atoms with E-state index in [1.807, 2.05) is 4.90 Å². The summed E-state index contributed by atoms with van der Waals surface area (Å²) in [5.74, 6) is 0.504. The Morgan fingerprint density at radius 2 is 2.25 bits per heavy atom. The summed E-state index contributed by atoms with van der Waals surface area (Å²) in [4.78, 5) is 18.0. The van der Waals surface area contributed by atoms with Crippen LogP contribution in [0.15, 0.2) is 17.2 Å². The van der Waals surface area contributed by atoms with E-state index in [9.17, 15) is 4.79 Å². The van der Waals surface area contributed by atoms with Gasteiger partial charge in [0.1, 0.15) is 0 Å². The lowest BCUT2D eigenvalue weighted by molar-refractivity contribution is 0.694. The molecule has 0 spiro atoms. The van der Waals surface area contributed by atoms with Gasteiger partial charge in [0.05, 0.1) is 0 Å². The minimum atomic E-state index is -0.0629. The van der Waals surface area contributed by atoms with Crippen molar-refractivity contribution in [1.82, 2.24) is 9.55 Å². The normalized spacial score (nSPS) is 10.4. The second kappa shape index (κ2) is 6.27. The largest absolute Gasteiger partial charge is 0.351 e. The zero-order chi connectivity index (χ0) is 12.0. The van der Waals surface area contributed by atoms with Gasteiger partial charge in [0.2, 0.25) is 0 Å². The van der Waals surface area contributed by atoms with Crippen LogP contribution in [0.1, 0.15) is 19.8 Å². The standard InChI is InChI=1S/C11H20N4O/c1-3-4-7-15(8-5-12)10-11(16)14(2)9-6-13-10/h6,9H,3-5,7-8,12H2,1-2H3. The van der Waals surface area contributed by atoms with Crippen LogP contribution in [0.3, 0.4) is 0 Å². The first-order valence-electron chi connectivity index (χ1n) is 5.67. The molecule has 0 unspecified atom stereocenters. The van der Waals surface area contributed by atoms with Gasteiger partial charge in [-0.1, -0.05) is 13.3 Å². The molecule has 0 saturated heterocycles. The van der Waals surface area contributed by atoms with Crippen LogP contribution in [0.2, 0.25) is 0 Å². The summed E-state index contributed by atoms with van der Waals surface area (Å²) < 4.78 is 1.54. The molecule has 1 aromatic heterocycles. The Balaban J connectivity index is 2.91. The maximum absolute atomic E-state index is 11.9. The van der Waals surface area contributed by atoms with Crippen LogP contribution in [-0.4, -0.2) is 29.2 Å². The lowest BCUT2D eigenvalue weighted by Crippen LogP contribution is -2.36. The third-order valence-corrected chi connectivity index (χ3v) is 2.48. The van der Waals surface area contributed by atoms with E-state index in [1.54, 1.807) is 19.4 Å². The van der Waals surface area contributed by atoms with Crippen LogP contribution in [0.4, 0.5) is 5.82 Å². The van der Waals surface area contributed by atoms with Gasteiger partial charge in [0.15, 0.2) is 5.82 Å². The van der Waals surface area contributed by atoms with E-state index in [0.717, 1.165) is 19.4 Å². The molecule has 5 nitrogen and oxygen atoms in total. The molecule has 1 rings (SSSR count). The predicted molar refractivity (Wildman–Crippen MR) is 65.7 cm³/mol. The van der Waals surface area contributed by atoms with Crippen molar-refractivity contribution in [2.75, 3.05) is 24.5 Å². The number of aryl methyl sites for hydroxylation is 1. The van der Waals surface area contributed by atoms with Gasteiger partial charge in [0, 0.05) is 39.1 Å². The van der Waals surface area contributed by atoms with E-state index in [1.165, 1.54) is 4.57 Å². The maximum Gasteiger partial charge on any atom is 0.293 e. The third-order valence-electron chi connectivity index (χ3n) is 2.48. The molecule has 16 heavy (non-hydrogen) atoms. The second-order valence-corrected chi connectivity index (χ2v) is 3.80. The summed E-state index contributed by atoms with van der Waals surface area (Å²) in [7, 11) is 1.73. The van der Waals surface area contributed by atoms with Crippen molar-refractivity contribution in [1.29, 1.82) is 0 Å². The molecule has 0 radical (unpaired) electrons. The molecule has 0 fully saturated rings. The number of hydrogen-bond acceptors (Lipinski definition) is 4. The van der Waals surface area contributed by atoms with Crippen LogP contribution in [0.5, 0.6) is 0 Å². The minimum absolute atomic E-state index is 0.0629. The van der Waals surface area contributed by atoms with Crippen molar-refractivity contribution in [3.63, 3.8) is 0 Å². The van der Waals surface area contributed by atoms with E-state index in [2.05, 4.69) is 11.9 Å². The van der Waals surface area contributed by atoms with E-state index in [4.69, 9.17) is 5.73 Å². The Labute approximate surface area is 95.9 Å². The number of rotatable bonds is 6. The Morgan fingerprint density at radius 1 is 1.50 bits per heavy atom. The molecule has 1 heterocycles. The fourth-order valence-electron chi connectivity index (χ4n) is 1.53. The Hall–Kier alpha value is -1.36. The summed E-state index contributed by atoms with van der Waals surface area (Å²) in [6.07, 6.45) is 5.44. The second-order valence-electron chi connectivity index (χ2n) is 3.80. The van der Waals surface area contributed by atoms with E-state index in [-0.39, 0.29) is 5.56 Å². The van der Waals surface area contributed by atoms with Gasteiger partial charge in [-0.2, -0.15) is 0 Å². The van der Waals surface area contributed by atoms with Crippen LogP contribution in [-0.2, 0) is 7.05 Å². The SMILES string of the molecule is CCCCN(CCN)c1nccn(C)c1=O. The summed E-state index contributed by atoms with van der Waals surface area (Å²) in [6.45, 7) is 4.16. The van der Waals surface area contributed by atoms with Gasteiger partial charge in [-0.3, -0.25) is 4.79 Å². The maximum atomic E-state index is 11.9. The topological polar surface area (TPSA) is 64.2 Å². The summed E-state index contributed by atoms with van der Waals surface area (Å²) >= 11 is 0. The van der Waals surface area contributed by atoms with Gasteiger partial charge in [-0.15, -0.1) is 0 Å². The lowest BCUT2D eigenvalue weighted by Gasteiger charge is -2.22. The number of nitrogens with zero attached hydrogens (tertiary/aromatic N) is 3. The molecule has 0 aliphatic rings. The Morgan fingerprint density at radius 3 is 2.88 bits per heavy atom. The molecule has 1 aromatic rings. The third kappa shape index (κ3) is 3.06. The van der Waals surface area contributed by atoms with Gasteiger partial charge in [0.25, 0.3) is 5.56 Å². The summed E-state index contributed by atoms with van der Waals surface area (Å²) in [5, 5.41) is 0. The highest BCUT2D eigenvalue weighted by Gasteiger charge is 2.11. The van der Waals surface area contributed by atoms with Crippen LogP contribution < -0.4 is 16.2 Å². The Bertz CT molecular complexity index is 374. The van der Waals surface area contributed by atoms with Gasteiger partial charge < -0.3 is 15.2 Å². The molecule has 5 heteroatoms. The van der Waals surface area contributed by atoms with E-state index < -0.39 is 0 Å². The molecule has 2 N–H and O–H groups in total. The molecular weight excluding hydrogens is 204 g/mol. The monoisotopic (exact) mass is 224 g/mol. The fourth-order valence-corrected chi connectivity index (χ4v) is 1.53. The molecule has 0 bridgehead atoms. The summed E-state index contributed by atoms with van der Waals surface area (Å²) in [5.41, 5.74) is 5.49. The van der Waals surface area contributed by atoms with Gasteiger partial charge >= 0.3 is 0 Å². The van der Waals surface area contributed by atoms with E-state index in [0.29, 0.717) is 18.9 Å².